The zero-order chi connectivity index (χ0) is 12.7. The van der Waals surface area contributed by atoms with Gasteiger partial charge in [0.2, 0.25) is 0 Å². The van der Waals surface area contributed by atoms with Gasteiger partial charge in [0.1, 0.15) is 0 Å². The van der Waals surface area contributed by atoms with Gasteiger partial charge in [-0.15, -0.1) is 0 Å². The third-order valence-electron chi connectivity index (χ3n) is 2.31. The van der Waals surface area contributed by atoms with E-state index in [9.17, 15) is 4.79 Å². The van der Waals surface area contributed by atoms with Crippen LogP contribution in [0.25, 0.3) is 0 Å². The van der Waals surface area contributed by atoms with Crippen molar-refractivity contribution >= 4 is 29.3 Å². The zero-order valence-corrected chi connectivity index (χ0v) is 11.3. The van der Waals surface area contributed by atoms with E-state index in [0.29, 0.717) is 23.7 Å². The van der Waals surface area contributed by atoms with Gasteiger partial charge in [0, 0.05) is 22.6 Å². The standard InChI is InChI=1S/C12H16ClNO2S/c1-16-12(15)6-7-17-11(8-14)9-2-4-10(13)5-3-9/h2-5,11H,6-8,14H2,1H3. The molecule has 0 fully saturated rings. The van der Waals surface area contributed by atoms with E-state index in [1.807, 2.05) is 24.3 Å². The molecule has 0 aliphatic rings. The molecule has 1 aromatic rings. The van der Waals surface area contributed by atoms with E-state index >= 15 is 0 Å². The molecule has 3 nitrogen and oxygen atoms in total. The lowest BCUT2D eigenvalue weighted by Gasteiger charge is -2.14. The molecule has 0 aromatic heterocycles. The summed E-state index contributed by atoms with van der Waals surface area (Å²) in [4.78, 5) is 11.0. The molecule has 0 amide bonds. The summed E-state index contributed by atoms with van der Waals surface area (Å²) >= 11 is 7.48. The maximum atomic E-state index is 11.0. The van der Waals surface area contributed by atoms with E-state index in [4.69, 9.17) is 17.3 Å². The summed E-state index contributed by atoms with van der Waals surface area (Å²) in [5.41, 5.74) is 6.85. The summed E-state index contributed by atoms with van der Waals surface area (Å²) in [6, 6.07) is 7.62. The van der Waals surface area contributed by atoms with Gasteiger partial charge < -0.3 is 10.5 Å². The molecule has 1 unspecified atom stereocenters. The van der Waals surface area contributed by atoms with Crippen LogP contribution >= 0.6 is 23.4 Å². The Hall–Kier alpha value is -0.710. The molecule has 1 rings (SSSR count). The van der Waals surface area contributed by atoms with Crippen LogP contribution in [0.5, 0.6) is 0 Å². The summed E-state index contributed by atoms with van der Waals surface area (Å²) in [6.07, 6.45) is 0.408. The monoisotopic (exact) mass is 273 g/mol. The lowest BCUT2D eigenvalue weighted by molar-refractivity contribution is -0.140. The Morgan fingerprint density at radius 2 is 2.12 bits per heavy atom. The van der Waals surface area contributed by atoms with Crippen molar-refractivity contribution in [3.8, 4) is 0 Å². The van der Waals surface area contributed by atoms with Gasteiger partial charge in [-0.3, -0.25) is 4.79 Å². The lowest BCUT2D eigenvalue weighted by Crippen LogP contribution is -2.11. The minimum atomic E-state index is -0.190. The van der Waals surface area contributed by atoms with Gasteiger partial charge in [-0.2, -0.15) is 11.8 Å². The first-order valence-corrected chi connectivity index (χ1v) is 6.74. The Labute approximate surface area is 111 Å². The first-order valence-electron chi connectivity index (χ1n) is 5.31. The first kappa shape index (κ1) is 14.4. The summed E-state index contributed by atoms with van der Waals surface area (Å²) in [6.45, 7) is 0.535. The molecule has 0 spiro atoms. The average molecular weight is 274 g/mol. The smallest absolute Gasteiger partial charge is 0.306 e. The molecule has 0 heterocycles. The van der Waals surface area contributed by atoms with Gasteiger partial charge >= 0.3 is 5.97 Å². The predicted octanol–water partition coefficient (Wildman–Crippen LogP) is 2.64. The van der Waals surface area contributed by atoms with E-state index in [1.54, 1.807) is 11.8 Å². The van der Waals surface area contributed by atoms with Crippen LogP contribution in [-0.4, -0.2) is 25.4 Å². The van der Waals surface area contributed by atoms with Crippen LogP contribution in [-0.2, 0) is 9.53 Å². The maximum absolute atomic E-state index is 11.0. The molecule has 0 aliphatic heterocycles. The highest BCUT2D eigenvalue weighted by Crippen LogP contribution is 2.29. The van der Waals surface area contributed by atoms with Crippen molar-refractivity contribution in [2.45, 2.75) is 11.7 Å². The number of ether oxygens (including phenoxy) is 1. The highest BCUT2D eigenvalue weighted by molar-refractivity contribution is 7.99. The van der Waals surface area contributed by atoms with Crippen LogP contribution in [0.2, 0.25) is 5.02 Å². The predicted molar refractivity (Wildman–Crippen MR) is 72.3 cm³/mol. The van der Waals surface area contributed by atoms with Gasteiger partial charge in [-0.05, 0) is 17.7 Å². The van der Waals surface area contributed by atoms with Crippen LogP contribution in [0.15, 0.2) is 24.3 Å². The van der Waals surface area contributed by atoms with E-state index in [0.717, 1.165) is 5.56 Å². The van der Waals surface area contributed by atoms with Crippen LogP contribution in [0, 0.1) is 0 Å². The number of hydrogen-bond acceptors (Lipinski definition) is 4. The number of carbonyl (C=O) groups excluding carboxylic acids is 1. The van der Waals surface area contributed by atoms with Crippen LogP contribution in [0.1, 0.15) is 17.2 Å². The number of carbonyl (C=O) groups is 1. The van der Waals surface area contributed by atoms with Gasteiger partial charge in [0.15, 0.2) is 0 Å². The molecule has 2 N–H and O–H groups in total. The largest absolute Gasteiger partial charge is 0.469 e. The quantitative estimate of drug-likeness (QED) is 0.810. The molecule has 94 valence electrons. The zero-order valence-electron chi connectivity index (χ0n) is 9.69. The molecule has 0 saturated heterocycles. The second-order valence-corrected chi connectivity index (χ2v) is 5.22. The minimum Gasteiger partial charge on any atom is -0.469 e. The molecule has 17 heavy (non-hydrogen) atoms. The fourth-order valence-electron chi connectivity index (χ4n) is 1.36. The Morgan fingerprint density at radius 1 is 1.47 bits per heavy atom. The molecule has 0 aliphatic carbocycles. The number of rotatable bonds is 6. The normalized spacial score (nSPS) is 12.2. The number of hydrogen-bond donors (Lipinski definition) is 1. The van der Waals surface area contributed by atoms with Crippen molar-refractivity contribution in [2.75, 3.05) is 19.4 Å². The summed E-state index contributed by atoms with van der Waals surface area (Å²) in [5.74, 6) is 0.515. The number of nitrogens with two attached hydrogens (primary N) is 1. The second-order valence-electron chi connectivity index (χ2n) is 3.47. The first-order chi connectivity index (χ1) is 8.17. The minimum absolute atomic E-state index is 0.190. The molecule has 0 radical (unpaired) electrons. The number of methoxy groups -OCH3 is 1. The molecule has 1 aromatic carbocycles. The van der Waals surface area contributed by atoms with Gasteiger partial charge in [-0.25, -0.2) is 0 Å². The number of esters is 1. The van der Waals surface area contributed by atoms with Crippen LogP contribution in [0.3, 0.4) is 0 Å². The highest BCUT2D eigenvalue weighted by atomic mass is 35.5. The third kappa shape index (κ3) is 4.98. The topological polar surface area (TPSA) is 52.3 Å². The number of benzene rings is 1. The molecule has 1 atom stereocenters. The van der Waals surface area contributed by atoms with E-state index < -0.39 is 0 Å². The van der Waals surface area contributed by atoms with E-state index in [2.05, 4.69) is 4.74 Å². The fraction of sp³-hybridized carbons (Fsp3) is 0.417. The van der Waals surface area contributed by atoms with Crippen molar-refractivity contribution in [3.05, 3.63) is 34.9 Å². The molecular weight excluding hydrogens is 258 g/mol. The second kappa shape index (κ2) is 7.58. The molecular formula is C12H16ClNO2S. The lowest BCUT2D eigenvalue weighted by atomic mass is 10.1. The summed E-state index contributed by atoms with van der Waals surface area (Å²) in [7, 11) is 1.40. The van der Waals surface area contributed by atoms with E-state index in [1.165, 1.54) is 7.11 Å². The summed E-state index contributed by atoms with van der Waals surface area (Å²) < 4.78 is 4.59. The average Bonchev–Trinajstić information content (AvgIpc) is 2.35. The fourth-order valence-corrected chi connectivity index (χ4v) is 2.55. The van der Waals surface area contributed by atoms with Gasteiger partial charge in [0.25, 0.3) is 0 Å². The van der Waals surface area contributed by atoms with Gasteiger partial charge in [0.05, 0.1) is 13.5 Å². The molecule has 5 heteroatoms. The third-order valence-corrected chi connectivity index (χ3v) is 3.87. The van der Waals surface area contributed by atoms with E-state index in [-0.39, 0.29) is 11.2 Å². The SMILES string of the molecule is COC(=O)CCSC(CN)c1ccc(Cl)cc1. The molecule has 0 bridgehead atoms. The Morgan fingerprint density at radius 3 is 2.65 bits per heavy atom. The van der Waals surface area contributed by atoms with Crippen molar-refractivity contribution in [1.82, 2.24) is 0 Å². The van der Waals surface area contributed by atoms with Crippen LogP contribution < -0.4 is 5.73 Å². The van der Waals surface area contributed by atoms with Crippen molar-refractivity contribution in [1.29, 1.82) is 0 Å². The molecule has 0 saturated carbocycles. The number of halogens is 1. The van der Waals surface area contributed by atoms with Crippen molar-refractivity contribution in [2.24, 2.45) is 5.73 Å². The maximum Gasteiger partial charge on any atom is 0.306 e. The Balaban J connectivity index is 2.48. The van der Waals surface area contributed by atoms with Crippen molar-refractivity contribution in [3.63, 3.8) is 0 Å². The number of thioether (sulfide) groups is 1. The Kier molecular flexibility index (Phi) is 6.40. The van der Waals surface area contributed by atoms with Crippen LogP contribution in [0.4, 0.5) is 0 Å². The van der Waals surface area contributed by atoms with Gasteiger partial charge in [-0.1, -0.05) is 23.7 Å². The highest BCUT2D eigenvalue weighted by Gasteiger charge is 2.11. The summed E-state index contributed by atoms with van der Waals surface area (Å²) in [5, 5.41) is 0.904. The van der Waals surface area contributed by atoms with Crippen molar-refractivity contribution < 1.29 is 9.53 Å². The Bertz CT molecular complexity index is 356.